The Morgan fingerprint density at radius 2 is 1.87 bits per heavy atom. The zero-order valence-electron chi connectivity index (χ0n) is 18.3. The van der Waals surface area contributed by atoms with Gasteiger partial charge in [0.25, 0.3) is 0 Å². The average molecular weight is 410 g/mol. The topological polar surface area (TPSA) is 78.2 Å². The van der Waals surface area contributed by atoms with Crippen LogP contribution in [0.5, 0.6) is 0 Å². The molecule has 9 nitrogen and oxygen atoms in total. The summed E-state index contributed by atoms with van der Waals surface area (Å²) in [5.41, 5.74) is 1.95. The lowest BCUT2D eigenvalue weighted by atomic mass is 10.3. The number of fused-ring (bicyclic) bond motifs is 1. The van der Waals surface area contributed by atoms with E-state index in [0.29, 0.717) is 6.04 Å². The third-order valence-electron chi connectivity index (χ3n) is 5.44. The van der Waals surface area contributed by atoms with Crippen molar-refractivity contribution in [2.24, 2.45) is 0 Å². The maximum Gasteiger partial charge on any atom is 0.227 e. The minimum absolute atomic E-state index is 0.340. The Morgan fingerprint density at radius 1 is 1.07 bits per heavy atom. The van der Waals surface area contributed by atoms with Crippen LogP contribution < -0.4 is 10.2 Å². The molecule has 0 aliphatic carbocycles. The molecule has 3 aromatic heterocycles. The summed E-state index contributed by atoms with van der Waals surface area (Å²) in [6.07, 6.45) is 5.47. The van der Waals surface area contributed by atoms with Crippen LogP contribution in [0.15, 0.2) is 30.9 Å². The summed E-state index contributed by atoms with van der Waals surface area (Å²) >= 11 is 0. The molecule has 4 rings (SSSR count). The number of likely N-dealkylation sites (N-methyl/N-ethyl adjacent to an activating group) is 1. The number of piperazine rings is 1. The summed E-state index contributed by atoms with van der Waals surface area (Å²) in [6.45, 7) is 10.4. The van der Waals surface area contributed by atoms with Crippen LogP contribution in [0.4, 0.5) is 17.6 Å². The van der Waals surface area contributed by atoms with Gasteiger partial charge >= 0.3 is 0 Å². The van der Waals surface area contributed by atoms with Gasteiger partial charge in [-0.3, -0.25) is 4.90 Å². The van der Waals surface area contributed by atoms with E-state index in [1.807, 2.05) is 18.5 Å². The van der Waals surface area contributed by atoms with Crippen LogP contribution in [0, 0.1) is 0 Å². The SMILES string of the molecule is CC(C)n1cnc2cnc(Nc3ccnc(N4CCN(CCN(C)C)CC4)n3)cc21. The molecular weight excluding hydrogens is 378 g/mol. The van der Waals surface area contributed by atoms with Crippen LogP contribution in [-0.2, 0) is 0 Å². The van der Waals surface area contributed by atoms with E-state index >= 15 is 0 Å². The second-order valence-electron chi connectivity index (χ2n) is 8.30. The summed E-state index contributed by atoms with van der Waals surface area (Å²) < 4.78 is 2.14. The fourth-order valence-corrected chi connectivity index (χ4v) is 3.62. The van der Waals surface area contributed by atoms with Gasteiger partial charge in [0.2, 0.25) is 5.95 Å². The Bertz CT molecular complexity index is 974. The van der Waals surface area contributed by atoms with Crippen LogP contribution in [0.2, 0.25) is 0 Å². The largest absolute Gasteiger partial charge is 0.338 e. The van der Waals surface area contributed by atoms with Crippen molar-refractivity contribution in [3.63, 3.8) is 0 Å². The molecule has 30 heavy (non-hydrogen) atoms. The lowest BCUT2D eigenvalue weighted by molar-refractivity contribution is 0.229. The molecule has 9 heteroatoms. The molecule has 0 bridgehead atoms. The summed E-state index contributed by atoms with van der Waals surface area (Å²) in [5.74, 6) is 2.26. The Morgan fingerprint density at radius 3 is 2.60 bits per heavy atom. The predicted octanol–water partition coefficient (Wildman–Crippen LogP) is 2.23. The first kappa shape index (κ1) is 20.5. The number of anilines is 3. The van der Waals surface area contributed by atoms with E-state index in [2.05, 4.69) is 67.5 Å². The number of pyridine rings is 1. The van der Waals surface area contributed by atoms with E-state index in [1.54, 1.807) is 12.4 Å². The van der Waals surface area contributed by atoms with Gasteiger partial charge < -0.3 is 19.7 Å². The molecule has 0 atom stereocenters. The van der Waals surface area contributed by atoms with Crippen LogP contribution in [-0.4, -0.2) is 87.7 Å². The molecule has 3 aromatic rings. The molecular formula is C21H31N9. The van der Waals surface area contributed by atoms with Crippen LogP contribution in [0.25, 0.3) is 11.0 Å². The predicted molar refractivity (Wildman–Crippen MR) is 120 cm³/mol. The Hall–Kier alpha value is -2.78. The molecule has 4 heterocycles. The molecule has 1 aliphatic rings. The first-order chi connectivity index (χ1) is 14.5. The van der Waals surface area contributed by atoms with Crippen LogP contribution in [0.3, 0.4) is 0 Å². The number of nitrogens with one attached hydrogen (secondary N) is 1. The molecule has 0 radical (unpaired) electrons. The fraction of sp³-hybridized carbons (Fsp3) is 0.524. The molecule has 1 fully saturated rings. The minimum Gasteiger partial charge on any atom is -0.338 e. The molecule has 0 unspecified atom stereocenters. The first-order valence-electron chi connectivity index (χ1n) is 10.5. The average Bonchev–Trinajstić information content (AvgIpc) is 3.16. The number of nitrogens with zero attached hydrogens (tertiary/aromatic N) is 8. The number of hydrogen-bond acceptors (Lipinski definition) is 8. The quantitative estimate of drug-likeness (QED) is 0.637. The van der Waals surface area contributed by atoms with E-state index in [1.165, 1.54) is 0 Å². The van der Waals surface area contributed by atoms with Gasteiger partial charge in [0, 0.05) is 57.6 Å². The van der Waals surface area contributed by atoms with Crippen molar-refractivity contribution in [1.29, 1.82) is 0 Å². The third-order valence-corrected chi connectivity index (χ3v) is 5.44. The lowest BCUT2D eigenvalue weighted by Crippen LogP contribution is -2.48. The molecule has 1 saturated heterocycles. The number of imidazole rings is 1. The normalized spacial score (nSPS) is 15.5. The fourth-order valence-electron chi connectivity index (χ4n) is 3.62. The number of aromatic nitrogens is 5. The monoisotopic (exact) mass is 409 g/mol. The van der Waals surface area contributed by atoms with Gasteiger partial charge in [-0.1, -0.05) is 0 Å². The van der Waals surface area contributed by atoms with Crippen molar-refractivity contribution in [1.82, 2.24) is 34.3 Å². The van der Waals surface area contributed by atoms with E-state index in [4.69, 9.17) is 4.98 Å². The molecule has 0 saturated carbocycles. The Balaban J connectivity index is 1.43. The highest BCUT2D eigenvalue weighted by Gasteiger charge is 2.19. The molecule has 160 valence electrons. The van der Waals surface area contributed by atoms with Gasteiger partial charge in [0.05, 0.1) is 18.0 Å². The molecule has 0 spiro atoms. The summed E-state index contributed by atoms with van der Waals surface area (Å²) in [4.78, 5) is 25.1. The summed E-state index contributed by atoms with van der Waals surface area (Å²) in [6, 6.07) is 4.24. The van der Waals surface area contributed by atoms with E-state index in [9.17, 15) is 0 Å². The van der Waals surface area contributed by atoms with Crippen molar-refractivity contribution in [2.45, 2.75) is 19.9 Å². The first-order valence-corrected chi connectivity index (χ1v) is 10.5. The number of rotatable bonds is 7. The molecule has 1 aliphatic heterocycles. The second-order valence-corrected chi connectivity index (χ2v) is 8.30. The second kappa shape index (κ2) is 8.93. The zero-order chi connectivity index (χ0) is 21.1. The molecule has 0 amide bonds. The Kier molecular flexibility index (Phi) is 6.10. The van der Waals surface area contributed by atoms with E-state index in [-0.39, 0.29) is 0 Å². The maximum absolute atomic E-state index is 4.73. The van der Waals surface area contributed by atoms with Gasteiger partial charge in [0.1, 0.15) is 17.2 Å². The molecule has 0 aromatic carbocycles. The van der Waals surface area contributed by atoms with Crippen molar-refractivity contribution in [2.75, 3.05) is 63.6 Å². The van der Waals surface area contributed by atoms with Gasteiger partial charge in [-0.15, -0.1) is 0 Å². The van der Waals surface area contributed by atoms with E-state index in [0.717, 1.165) is 67.9 Å². The van der Waals surface area contributed by atoms with Gasteiger partial charge in [-0.05, 0) is 34.0 Å². The Labute approximate surface area is 177 Å². The highest BCUT2D eigenvalue weighted by atomic mass is 15.3. The van der Waals surface area contributed by atoms with Crippen molar-refractivity contribution in [3.8, 4) is 0 Å². The summed E-state index contributed by atoms with van der Waals surface area (Å²) in [7, 11) is 4.23. The van der Waals surface area contributed by atoms with Crippen molar-refractivity contribution >= 4 is 28.6 Å². The highest BCUT2D eigenvalue weighted by molar-refractivity contribution is 5.78. The van der Waals surface area contributed by atoms with Gasteiger partial charge in [-0.2, -0.15) is 4.98 Å². The zero-order valence-corrected chi connectivity index (χ0v) is 18.3. The minimum atomic E-state index is 0.340. The maximum atomic E-state index is 4.73. The van der Waals surface area contributed by atoms with Crippen molar-refractivity contribution < 1.29 is 0 Å². The third kappa shape index (κ3) is 4.68. The van der Waals surface area contributed by atoms with Crippen LogP contribution in [0.1, 0.15) is 19.9 Å². The highest BCUT2D eigenvalue weighted by Crippen LogP contribution is 2.22. The van der Waals surface area contributed by atoms with Gasteiger partial charge in [0.15, 0.2) is 0 Å². The molecule has 1 N–H and O–H groups in total. The number of hydrogen-bond donors (Lipinski definition) is 1. The smallest absolute Gasteiger partial charge is 0.227 e. The lowest BCUT2D eigenvalue weighted by Gasteiger charge is -2.35. The summed E-state index contributed by atoms with van der Waals surface area (Å²) in [5, 5.41) is 3.33. The van der Waals surface area contributed by atoms with Gasteiger partial charge in [-0.25, -0.2) is 15.0 Å². The standard InChI is InChI=1S/C21H31N9/c1-16(2)30-15-24-17-14-23-20(13-18(17)30)25-19-5-6-22-21(26-19)29-11-9-28(10-12-29)8-7-27(3)4/h5-6,13-16H,7-12H2,1-4H3,(H,22,23,25,26). The van der Waals surface area contributed by atoms with E-state index < -0.39 is 0 Å². The van der Waals surface area contributed by atoms with Crippen molar-refractivity contribution in [3.05, 3.63) is 30.9 Å². The van der Waals surface area contributed by atoms with Crippen LogP contribution >= 0.6 is 0 Å².